The molecule has 0 amide bonds. The summed E-state index contributed by atoms with van der Waals surface area (Å²) in [6.07, 6.45) is -1.18. The van der Waals surface area contributed by atoms with E-state index in [1.807, 2.05) is 26.0 Å². The van der Waals surface area contributed by atoms with Crippen LogP contribution in [0.5, 0.6) is 0 Å². The highest BCUT2D eigenvalue weighted by Crippen LogP contribution is 2.22. The van der Waals surface area contributed by atoms with Crippen molar-refractivity contribution in [2.75, 3.05) is 6.54 Å². The van der Waals surface area contributed by atoms with E-state index < -0.39 is 17.7 Å². The van der Waals surface area contributed by atoms with Crippen LogP contribution < -0.4 is 5.32 Å². The molecule has 1 aromatic rings. The number of nitrogens with one attached hydrogen (secondary N) is 1. The normalized spacial score (nSPS) is 15.6. The van der Waals surface area contributed by atoms with Gasteiger partial charge < -0.3 is 15.5 Å². The van der Waals surface area contributed by atoms with Gasteiger partial charge in [0, 0.05) is 22.7 Å². The van der Waals surface area contributed by atoms with Gasteiger partial charge in [-0.25, -0.2) is 0 Å². The van der Waals surface area contributed by atoms with E-state index in [4.69, 9.17) is 11.6 Å². The van der Waals surface area contributed by atoms with Gasteiger partial charge in [-0.05, 0) is 26.8 Å². The minimum atomic E-state index is -0.679. The summed E-state index contributed by atoms with van der Waals surface area (Å²) in [6, 6.07) is 7.21. The molecule has 0 spiro atoms. The van der Waals surface area contributed by atoms with Crippen molar-refractivity contribution in [2.45, 2.75) is 38.5 Å². The second kappa shape index (κ2) is 5.83. The Kier molecular flexibility index (Phi) is 4.95. The van der Waals surface area contributed by atoms with E-state index in [1.54, 1.807) is 19.1 Å². The molecule has 2 atom stereocenters. The average Bonchev–Trinajstić information content (AvgIpc) is 2.26. The van der Waals surface area contributed by atoms with Gasteiger partial charge in [-0.1, -0.05) is 29.8 Å². The topological polar surface area (TPSA) is 52.5 Å². The average molecular weight is 258 g/mol. The van der Waals surface area contributed by atoms with Crippen molar-refractivity contribution in [2.24, 2.45) is 0 Å². The molecule has 17 heavy (non-hydrogen) atoms. The summed E-state index contributed by atoms with van der Waals surface area (Å²) in [6.45, 7) is 5.84. The number of benzene rings is 1. The molecular weight excluding hydrogens is 238 g/mol. The minimum Gasteiger partial charge on any atom is -0.392 e. The molecule has 0 saturated heterocycles. The van der Waals surface area contributed by atoms with Crippen molar-refractivity contribution in [3.63, 3.8) is 0 Å². The number of aliphatic hydroxyl groups excluding tert-OH is 2. The molecule has 0 heterocycles. The van der Waals surface area contributed by atoms with Gasteiger partial charge in [0.25, 0.3) is 0 Å². The molecule has 3 nitrogen and oxygen atoms in total. The van der Waals surface area contributed by atoms with Gasteiger partial charge in [-0.15, -0.1) is 0 Å². The number of β-amino-alcohol motifs (C(OH)–C–C–N with tert-alkyl or cyclic N) is 1. The summed E-state index contributed by atoms with van der Waals surface area (Å²) in [5, 5.41) is 23.2. The molecule has 0 aliphatic carbocycles. The maximum Gasteiger partial charge on any atom is 0.0928 e. The Bertz CT molecular complexity index is 366. The Morgan fingerprint density at radius 3 is 2.41 bits per heavy atom. The first kappa shape index (κ1) is 14.5. The molecule has 0 aromatic heterocycles. The molecule has 0 fully saturated rings. The first-order chi connectivity index (χ1) is 7.84. The number of hydrogen-bond donors (Lipinski definition) is 3. The SMILES string of the molecule is CC(O)C(C)(C)NCC(O)c1ccccc1Cl. The third-order valence-electron chi connectivity index (χ3n) is 3.06. The molecule has 3 N–H and O–H groups in total. The van der Waals surface area contributed by atoms with Crippen LogP contribution in [-0.4, -0.2) is 28.4 Å². The Morgan fingerprint density at radius 1 is 1.29 bits per heavy atom. The Labute approximate surface area is 107 Å². The van der Waals surface area contributed by atoms with E-state index in [9.17, 15) is 10.2 Å². The van der Waals surface area contributed by atoms with Gasteiger partial charge in [0.05, 0.1) is 12.2 Å². The van der Waals surface area contributed by atoms with Crippen LogP contribution in [0.3, 0.4) is 0 Å². The lowest BCUT2D eigenvalue weighted by Gasteiger charge is -2.30. The minimum absolute atomic E-state index is 0.349. The van der Waals surface area contributed by atoms with E-state index >= 15 is 0 Å². The quantitative estimate of drug-likeness (QED) is 0.757. The molecular formula is C13H20ClNO2. The molecule has 0 radical (unpaired) electrons. The van der Waals surface area contributed by atoms with Crippen molar-refractivity contribution >= 4 is 11.6 Å². The van der Waals surface area contributed by atoms with Crippen LogP contribution in [0.2, 0.25) is 5.02 Å². The van der Waals surface area contributed by atoms with Crippen molar-refractivity contribution in [3.05, 3.63) is 34.9 Å². The monoisotopic (exact) mass is 257 g/mol. The summed E-state index contributed by atoms with van der Waals surface area (Å²) >= 11 is 5.99. The van der Waals surface area contributed by atoms with Gasteiger partial charge in [-0.2, -0.15) is 0 Å². The fraction of sp³-hybridized carbons (Fsp3) is 0.538. The molecule has 96 valence electrons. The lowest BCUT2D eigenvalue weighted by molar-refractivity contribution is 0.0804. The van der Waals surface area contributed by atoms with E-state index in [0.29, 0.717) is 17.1 Å². The third-order valence-corrected chi connectivity index (χ3v) is 3.40. The van der Waals surface area contributed by atoms with E-state index in [2.05, 4.69) is 5.32 Å². The zero-order chi connectivity index (χ0) is 13.1. The van der Waals surface area contributed by atoms with Gasteiger partial charge in [0.2, 0.25) is 0 Å². The predicted molar refractivity (Wildman–Crippen MR) is 70.2 cm³/mol. The number of hydrogen-bond acceptors (Lipinski definition) is 3. The van der Waals surface area contributed by atoms with Crippen LogP contribution in [0.4, 0.5) is 0 Å². The fourth-order valence-corrected chi connectivity index (χ4v) is 1.62. The van der Waals surface area contributed by atoms with E-state index in [1.165, 1.54) is 0 Å². The third kappa shape index (κ3) is 3.96. The van der Waals surface area contributed by atoms with Crippen molar-refractivity contribution in [1.82, 2.24) is 5.32 Å². The summed E-state index contributed by atoms with van der Waals surface area (Å²) in [5.74, 6) is 0. The molecule has 0 bridgehead atoms. The summed E-state index contributed by atoms with van der Waals surface area (Å²) in [7, 11) is 0. The van der Waals surface area contributed by atoms with Gasteiger partial charge in [0.15, 0.2) is 0 Å². The number of aliphatic hydroxyl groups is 2. The van der Waals surface area contributed by atoms with Crippen molar-refractivity contribution in [3.8, 4) is 0 Å². The Balaban J connectivity index is 2.62. The van der Waals surface area contributed by atoms with Crippen LogP contribution in [0.1, 0.15) is 32.4 Å². The maximum atomic E-state index is 10.0. The molecule has 2 unspecified atom stereocenters. The van der Waals surface area contributed by atoms with Crippen LogP contribution in [0.25, 0.3) is 0 Å². The number of rotatable bonds is 5. The van der Waals surface area contributed by atoms with E-state index in [0.717, 1.165) is 0 Å². The molecule has 0 aliphatic heterocycles. The van der Waals surface area contributed by atoms with Gasteiger partial charge in [0.1, 0.15) is 0 Å². The molecule has 1 rings (SSSR count). The summed E-state index contributed by atoms with van der Waals surface area (Å²) < 4.78 is 0. The molecule has 4 heteroatoms. The highest BCUT2D eigenvalue weighted by molar-refractivity contribution is 6.31. The Hall–Kier alpha value is -0.610. The molecule has 0 aliphatic rings. The molecule has 0 saturated carbocycles. The van der Waals surface area contributed by atoms with Crippen LogP contribution in [-0.2, 0) is 0 Å². The highest BCUT2D eigenvalue weighted by atomic mass is 35.5. The lowest BCUT2D eigenvalue weighted by Crippen LogP contribution is -2.49. The van der Waals surface area contributed by atoms with Crippen LogP contribution >= 0.6 is 11.6 Å². The first-order valence-corrected chi connectivity index (χ1v) is 6.08. The summed E-state index contributed by atoms with van der Waals surface area (Å²) in [5.41, 5.74) is 0.255. The number of halogens is 1. The van der Waals surface area contributed by atoms with Crippen molar-refractivity contribution < 1.29 is 10.2 Å². The lowest BCUT2D eigenvalue weighted by atomic mass is 9.98. The van der Waals surface area contributed by atoms with Gasteiger partial charge >= 0.3 is 0 Å². The zero-order valence-electron chi connectivity index (χ0n) is 10.4. The molecule has 1 aromatic carbocycles. The van der Waals surface area contributed by atoms with Crippen LogP contribution in [0.15, 0.2) is 24.3 Å². The van der Waals surface area contributed by atoms with Gasteiger partial charge in [-0.3, -0.25) is 0 Å². The summed E-state index contributed by atoms with van der Waals surface area (Å²) in [4.78, 5) is 0. The van der Waals surface area contributed by atoms with E-state index in [-0.39, 0.29) is 0 Å². The second-order valence-electron chi connectivity index (χ2n) is 4.82. The maximum absolute atomic E-state index is 10.0. The standard InChI is InChI=1S/C13H20ClNO2/c1-9(16)13(2,3)15-8-12(17)10-6-4-5-7-11(10)14/h4-7,9,12,15-17H,8H2,1-3H3. The smallest absolute Gasteiger partial charge is 0.0928 e. The first-order valence-electron chi connectivity index (χ1n) is 5.70. The van der Waals surface area contributed by atoms with Crippen LogP contribution in [0, 0.1) is 0 Å². The highest BCUT2D eigenvalue weighted by Gasteiger charge is 2.24. The van der Waals surface area contributed by atoms with Crippen molar-refractivity contribution in [1.29, 1.82) is 0 Å². The fourth-order valence-electron chi connectivity index (χ4n) is 1.36. The zero-order valence-corrected chi connectivity index (χ0v) is 11.2. The largest absolute Gasteiger partial charge is 0.392 e. The second-order valence-corrected chi connectivity index (χ2v) is 5.22. The Morgan fingerprint density at radius 2 is 1.88 bits per heavy atom. The predicted octanol–water partition coefficient (Wildman–Crippen LogP) is 2.12.